The van der Waals surface area contributed by atoms with Gasteiger partial charge in [0.25, 0.3) is 0 Å². The molecule has 0 N–H and O–H groups in total. The topological polar surface area (TPSA) is 12.9 Å². The first-order valence-electron chi connectivity index (χ1n) is 4.57. The van der Waals surface area contributed by atoms with Crippen molar-refractivity contribution in [3.05, 3.63) is 54.0 Å². The third kappa shape index (κ3) is 2.16. The van der Waals surface area contributed by atoms with Gasteiger partial charge in [-0.15, -0.1) is 11.6 Å². The fraction of sp³-hybridized carbons (Fsp3) is 0.0833. The summed E-state index contributed by atoms with van der Waals surface area (Å²) in [5.74, 6) is 0.154. The Bertz CT molecular complexity index is 453. The molecule has 0 saturated heterocycles. The molecule has 2 aromatic rings. The van der Waals surface area contributed by atoms with Gasteiger partial charge in [-0.05, 0) is 17.7 Å². The number of alkyl halides is 1. The molecule has 1 heterocycles. The molecule has 0 aliphatic rings. The predicted octanol–water partition coefficient (Wildman–Crippen LogP) is 3.63. The summed E-state index contributed by atoms with van der Waals surface area (Å²) >= 11 is 5.67. The number of rotatable bonds is 2. The third-order valence-electron chi connectivity index (χ3n) is 2.14. The van der Waals surface area contributed by atoms with Gasteiger partial charge < -0.3 is 0 Å². The molecule has 0 radical (unpaired) electrons. The van der Waals surface area contributed by atoms with E-state index in [4.69, 9.17) is 11.6 Å². The summed E-state index contributed by atoms with van der Waals surface area (Å²) in [7, 11) is 0. The van der Waals surface area contributed by atoms with Crippen LogP contribution in [-0.4, -0.2) is 4.98 Å². The van der Waals surface area contributed by atoms with Gasteiger partial charge >= 0.3 is 0 Å². The van der Waals surface area contributed by atoms with E-state index >= 15 is 0 Å². The fourth-order valence-electron chi connectivity index (χ4n) is 1.35. The molecule has 0 amide bonds. The van der Waals surface area contributed by atoms with Gasteiger partial charge in [-0.3, -0.25) is 4.98 Å². The summed E-state index contributed by atoms with van der Waals surface area (Å²) < 4.78 is 13.4. The van der Waals surface area contributed by atoms with Gasteiger partial charge in [0, 0.05) is 17.6 Å². The molecule has 0 aliphatic heterocycles. The van der Waals surface area contributed by atoms with Crippen LogP contribution in [0.5, 0.6) is 0 Å². The van der Waals surface area contributed by atoms with E-state index in [1.165, 1.54) is 6.07 Å². The van der Waals surface area contributed by atoms with Crippen molar-refractivity contribution in [2.45, 2.75) is 5.88 Å². The molecule has 0 fully saturated rings. The van der Waals surface area contributed by atoms with Crippen molar-refractivity contribution in [1.29, 1.82) is 0 Å². The highest BCUT2D eigenvalue weighted by Gasteiger charge is 2.04. The highest BCUT2D eigenvalue weighted by atomic mass is 35.5. The second kappa shape index (κ2) is 4.41. The van der Waals surface area contributed by atoms with Gasteiger partial charge in [-0.25, -0.2) is 4.39 Å². The minimum absolute atomic E-state index is 0.309. The smallest absolute Gasteiger partial charge is 0.149 e. The van der Waals surface area contributed by atoms with Crippen molar-refractivity contribution >= 4 is 11.6 Å². The Hall–Kier alpha value is -1.41. The summed E-state index contributed by atoms with van der Waals surface area (Å²) in [6.45, 7) is 0. The monoisotopic (exact) mass is 221 g/mol. The van der Waals surface area contributed by atoms with Crippen LogP contribution in [0.25, 0.3) is 11.3 Å². The van der Waals surface area contributed by atoms with Crippen molar-refractivity contribution in [3.8, 4) is 11.3 Å². The number of pyridine rings is 1. The largest absolute Gasteiger partial charge is 0.253 e. The maximum Gasteiger partial charge on any atom is 0.149 e. The lowest BCUT2D eigenvalue weighted by atomic mass is 10.1. The molecule has 15 heavy (non-hydrogen) atoms. The standard InChI is InChI=1S/C12H9ClFN/c13-8-9-3-5-10(6-4-9)12-11(14)2-1-7-15-12/h1-7H,8H2. The van der Waals surface area contributed by atoms with Gasteiger partial charge in [0.2, 0.25) is 0 Å². The minimum atomic E-state index is -0.309. The zero-order valence-corrected chi connectivity index (χ0v) is 8.71. The molecule has 0 spiro atoms. The van der Waals surface area contributed by atoms with Crippen molar-refractivity contribution in [3.63, 3.8) is 0 Å². The van der Waals surface area contributed by atoms with Gasteiger partial charge in [0.1, 0.15) is 11.5 Å². The quantitative estimate of drug-likeness (QED) is 0.706. The van der Waals surface area contributed by atoms with E-state index in [9.17, 15) is 4.39 Å². The molecule has 1 aromatic carbocycles. The fourth-order valence-corrected chi connectivity index (χ4v) is 1.53. The van der Waals surface area contributed by atoms with E-state index < -0.39 is 0 Å². The SMILES string of the molecule is Fc1cccnc1-c1ccc(CCl)cc1. The van der Waals surface area contributed by atoms with Gasteiger partial charge in [0.15, 0.2) is 0 Å². The molecule has 1 aromatic heterocycles. The van der Waals surface area contributed by atoms with E-state index in [-0.39, 0.29) is 5.82 Å². The molecular formula is C12H9ClFN. The van der Waals surface area contributed by atoms with Crippen molar-refractivity contribution in [1.82, 2.24) is 4.98 Å². The first-order chi connectivity index (χ1) is 7.31. The Labute approximate surface area is 92.5 Å². The Morgan fingerprint density at radius 2 is 1.87 bits per heavy atom. The molecule has 0 saturated carbocycles. The maximum atomic E-state index is 13.4. The number of halogens is 2. The van der Waals surface area contributed by atoms with Gasteiger partial charge in [0.05, 0.1) is 0 Å². The highest BCUT2D eigenvalue weighted by Crippen LogP contribution is 2.20. The molecule has 0 atom stereocenters. The Balaban J connectivity index is 2.42. The van der Waals surface area contributed by atoms with Crippen LogP contribution in [-0.2, 0) is 5.88 Å². The van der Waals surface area contributed by atoms with Crippen LogP contribution in [0.15, 0.2) is 42.6 Å². The summed E-state index contributed by atoms with van der Waals surface area (Å²) in [6.07, 6.45) is 1.58. The summed E-state index contributed by atoms with van der Waals surface area (Å²) in [4.78, 5) is 4.00. The van der Waals surface area contributed by atoms with E-state index in [0.29, 0.717) is 11.6 Å². The predicted molar refractivity (Wildman–Crippen MR) is 59.2 cm³/mol. The Kier molecular flexibility index (Phi) is 2.97. The van der Waals surface area contributed by atoms with Crippen LogP contribution < -0.4 is 0 Å². The first kappa shape index (κ1) is 10.1. The maximum absolute atomic E-state index is 13.4. The van der Waals surface area contributed by atoms with Gasteiger partial charge in [-0.2, -0.15) is 0 Å². The Morgan fingerprint density at radius 3 is 2.47 bits per heavy atom. The number of hydrogen-bond donors (Lipinski definition) is 0. The molecule has 1 nitrogen and oxygen atoms in total. The lowest BCUT2D eigenvalue weighted by Gasteiger charge is -2.02. The average molecular weight is 222 g/mol. The van der Waals surface area contributed by atoms with Crippen molar-refractivity contribution in [2.24, 2.45) is 0 Å². The number of benzene rings is 1. The summed E-state index contributed by atoms with van der Waals surface area (Å²) in [5, 5.41) is 0. The van der Waals surface area contributed by atoms with Crippen LogP contribution in [0.1, 0.15) is 5.56 Å². The molecule has 0 aliphatic carbocycles. The Morgan fingerprint density at radius 1 is 1.13 bits per heavy atom. The second-order valence-corrected chi connectivity index (χ2v) is 3.43. The zero-order chi connectivity index (χ0) is 10.7. The first-order valence-corrected chi connectivity index (χ1v) is 5.10. The third-order valence-corrected chi connectivity index (χ3v) is 2.45. The molecule has 0 unspecified atom stereocenters. The average Bonchev–Trinajstić information content (AvgIpc) is 2.30. The number of aromatic nitrogens is 1. The number of nitrogens with zero attached hydrogens (tertiary/aromatic N) is 1. The molecule has 76 valence electrons. The lowest BCUT2D eigenvalue weighted by Crippen LogP contribution is -1.88. The molecule has 0 bridgehead atoms. The van der Waals surface area contributed by atoms with Crippen molar-refractivity contribution in [2.75, 3.05) is 0 Å². The molecule has 2 rings (SSSR count). The van der Waals surface area contributed by atoms with E-state index in [1.54, 1.807) is 12.3 Å². The second-order valence-electron chi connectivity index (χ2n) is 3.16. The van der Waals surface area contributed by atoms with Crippen LogP contribution in [0.2, 0.25) is 0 Å². The van der Waals surface area contributed by atoms with Crippen LogP contribution >= 0.6 is 11.6 Å². The van der Waals surface area contributed by atoms with Crippen LogP contribution in [0.4, 0.5) is 4.39 Å². The zero-order valence-electron chi connectivity index (χ0n) is 7.95. The summed E-state index contributed by atoms with van der Waals surface area (Å²) in [6, 6.07) is 10.4. The van der Waals surface area contributed by atoms with Crippen LogP contribution in [0.3, 0.4) is 0 Å². The van der Waals surface area contributed by atoms with Crippen molar-refractivity contribution < 1.29 is 4.39 Å². The normalized spacial score (nSPS) is 10.3. The molecule has 3 heteroatoms. The minimum Gasteiger partial charge on any atom is -0.253 e. The highest BCUT2D eigenvalue weighted by molar-refractivity contribution is 6.17. The lowest BCUT2D eigenvalue weighted by molar-refractivity contribution is 0.626. The van der Waals surface area contributed by atoms with Gasteiger partial charge in [-0.1, -0.05) is 24.3 Å². The van der Waals surface area contributed by atoms with E-state index in [0.717, 1.165) is 11.1 Å². The van der Waals surface area contributed by atoms with E-state index in [2.05, 4.69) is 4.98 Å². The number of hydrogen-bond acceptors (Lipinski definition) is 1. The van der Waals surface area contributed by atoms with Crippen LogP contribution in [0, 0.1) is 5.82 Å². The van der Waals surface area contributed by atoms with E-state index in [1.807, 2.05) is 24.3 Å². The summed E-state index contributed by atoms with van der Waals surface area (Å²) in [5.41, 5.74) is 2.15. The molecular weight excluding hydrogens is 213 g/mol.